The topological polar surface area (TPSA) is 84.4 Å². The fourth-order valence-corrected chi connectivity index (χ4v) is 3.27. The lowest BCUT2D eigenvalue weighted by atomic mass is 10.2. The molecule has 0 aliphatic carbocycles. The highest BCUT2D eigenvalue weighted by Gasteiger charge is 2.16. The van der Waals surface area contributed by atoms with Gasteiger partial charge in [-0.2, -0.15) is 0 Å². The van der Waals surface area contributed by atoms with Gasteiger partial charge in [0.2, 0.25) is 0 Å². The lowest BCUT2D eigenvalue weighted by Gasteiger charge is -2.18. The quantitative estimate of drug-likeness (QED) is 0.565. The molecule has 0 atom stereocenters. The lowest BCUT2D eigenvalue weighted by molar-refractivity contribution is -0.330. The number of ether oxygens (including phenoxy) is 1. The Bertz CT molecular complexity index is 1070. The number of anilines is 2. The maximum absolute atomic E-state index is 12.6. The van der Waals surface area contributed by atoms with E-state index < -0.39 is 0 Å². The predicted octanol–water partition coefficient (Wildman–Crippen LogP) is 3.78. The number of carbonyl (C=O) groups excluding carboxylic acids is 1. The van der Waals surface area contributed by atoms with Crippen LogP contribution in [0.2, 0.25) is 0 Å². The van der Waals surface area contributed by atoms with E-state index in [9.17, 15) is 4.79 Å². The average molecular weight is 380 g/mol. The van der Waals surface area contributed by atoms with Crippen LogP contribution in [-0.4, -0.2) is 30.2 Å². The molecule has 8 heteroatoms. The summed E-state index contributed by atoms with van der Waals surface area (Å²) in [5.74, 6) is 1.59. The van der Waals surface area contributed by atoms with Crippen LogP contribution >= 0.6 is 11.3 Å². The van der Waals surface area contributed by atoms with Gasteiger partial charge in [-0.25, -0.2) is 19.7 Å². The van der Waals surface area contributed by atoms with E-state index in [1.807, 2.05) is 47.8 Å². The van der Waals surface area contributed by atoms with Crippen molar-refractivity contribution in [2.24, 2.45) is 0 Å². The van der Waals surface area contributed by atoms with Gasteiger partial charge in [-0.1, -0.05) is 0 Å². The third-order valence-corrected chi connectivity index (χ3v) is 4.83. The van der Waals surface area contributed by atoms with Gasteiger partial charge in [0.1, 0.15) is 5.75 Å². The van der Waals surface area contributed by atoms with Crippen LogP contribution in [0.15, 0.2) is 53.4 Å². The van der Waals surface area contributed by atoms with E-state index in [1.165, 1.54) is 11.3 Å². The molecule has 0 fully saturated rings. The van der Waals surface area contributed by atoms with E-state index in [4.69, 9.17) is 4.74 Å². The number of nitrogens with one attached hydrogen (secondary N) is 3. The first-order valence-corrected chi connectivity index (χ1v) is 9.21. The van der Waals surface area contributed by atoms with Crippen LogP contribution in [0.25, 0.3) is 22.6 Å². The molecular weight excluding hydrogens is 362 g/mol. The van der Waals surface area contributed by atoms with Crippen LogP contribution in [0.3, 0.4) is 0 Å². The number of hydrogen-bond donors (Lipinski definition) is 2. The number of thiazole rings is 1. The summed E-state index contributed by atoms with van der Waals surface area (Å²) < 4.78 is 5.15. The van der Waals surface area contributed by atoms with E-state index >= 15 is 0 Å². The van der Waals surface area contributed by atoms with Crippen molar-refractivity contribution in [3.05, 3.63) is 53.4 Å². The highest BCUT2D eigenvalue weighted by molar-refractivity contribution is 7.07. The number of nitrogens with zero attached hydrogens (tertiary/aromatic N) is 2. The van der Waals surface area contributed by atoms with E-state index in [-0.39, 0.29) is 6.03 Å². The summed E-state index contributed by atoms with van der Waals surface area (Å²) in [7, 11) is 3.33. The molecule has 0 saturated carbocycles. The predicted molar refractivity (Wildman–Crippen MR) is 106 cm³/mol. The molecule has 136 valence electrons. The smallest absolute Gasteiger partial charge is 0.326 e. The zero-order valence-electron chi connectivity index (χ0n) is 14.8. The average Bonchev–Trinajstić information content (AvgIpc) is 3.36. The maximum Gasteiger partial charge on any atom is 0.326 e. The second-order valence-corrected chi connectivity index (χ2v) is 6.66. The Morgan fingerprint density at radius 2 is 2.07 bits per heavy atom. The van der Waals surface area contributed by atoms with Crippen molar-refractivity contribution >= 4 is 39.8 Å². The van der Waals surface area contributed by atoms with Crippen molar-refractivity contribution in [1.29, 1.82) is 0 Å². The Labute approximate surface area is 159 Å². The summed E-state index contributed by atoms with van der Waals surface area (Å²) in [5.41, 5.74) is 5.96. The van der Waals surface area contributed by atoms with Crippen LogP contribution in [0.5, 0.6) is 5.75 Å². The molecule has 2 aromatic carbocycles. The minimum atomic E-state index is -0.227. The summed E-state index contributed by atoms with van der Waals surface area (Å²) >= 11 is 1.54. The Kier molecular flexibility index (Phi) is 4.47. The largest absolute Gasteiger partial charge is 0.497 e. The number of methoxy groups -OCH3 is 1. The van der Waals surface area contributed by atoms with Gasteiger partial charge in [-0.05, 0) is 36.4 Å². The van der Waals surface area contributed by atoms with Gasteiger partial charge < -0.3 is 10.1 Å². The number of aromatic amines is 2. The number of amides is 2. The highest BCUT2D eigenvalue weighted by Crippen LogP contribution is 2.22. The molecule has 0 bridgehead atoms. The molecular formula is C19H18N5O2S+. The Morgan fingerprint density at radius 1 is 1.26 bits per heavy atom. The van der Waals surface area contributed by atoms with Crippen molar-refractivity contribution in [2.75, 3.05) is 24.4 Å². The standard InChI is InChI=1S/C19H17N5O2S/c1-24(13-4-6-14(26-2)7-5-13)19(25)21-12-3-8-15-16(9-12)23-18(22-15)17-10-27-11-20-17/h3-11H,1-2H3,(H,21,25)(H,22,23)/p+1. The van der Waals surface area contributed by atoms with Crippen LogP contribution < -0.4 is 19.9 Å². The molecule has 0 aliphatic rings. The lowest BCUT2D eigenvalue weighted by Crippen LogP contribution is -2.31. The molecule has 2 heterocycles. The summed E-state index contributed by atoms with van der Waals surface area (Å²) in [5, 5.41) is 4.88. The monoisotopic (exact) mass is 380 g/mol. The molecule has 4 aromatic rings. The van der Waals surface area contributed by atoms with Crippen LogP contribution in [0.4, 0.5) is 16.2 Å². The number of H-pyrrole nitrogens is 2. The van der Waals surface area contributed by atoms with Crippen molar-refractivity contribution in [3.8, 4) is 17.3 Å². The van der Waals surface area contributed by atoms with Gasteiger partial charge in [0.25, 0.3) is 0 Å². The molecule has 4 rings (SSSR count). The fourth-order valence-electron chi connectivity index (χ4n) is 2.73. The first-order valence-electron chi connectivity index (χ1n) is 8.26. The molecule has 7 nitrogen and oxygen atoms in total. The number of rotatable bonds is 4. The Morgan fingerprint density at radius 3 is 2.78 bits per heavy atom. The van der Waals surface area contributed by atoms with Gasteiger partial charge in [-0.3, -0.25) is 4.90 Å². The van der Waals surface area contributed by atoms with Crippen molar-refractivity contribution < 1.29 is 14.5 Å². The van der Waals surface area contributed by atoms with Crippen molar-refractivity contribution in [2.45, 2.75) is 0 Å². The number of urea groups is 1. The summed E-state index contributed by atoms with van der Waals surface area (Å²) in [4.78, 5) is 25.0. The second kappa shape index (κ2) is 7.08. The highest BCUT2D eigenvalue weighted by atomic mass is 32.1. The fraction of sp³-hybridized carbons (Fsp3) is 0.105. The molecule has 3 N–H and O–H groups in total. The van der Waals surface area contributed by atoms with Gasteiger partial charge >= 0.3 is 11.9 Å². The molecule has 0 unspecified atom stereocenters. The third-order valence-electron chi connectivity index (χ3n) is 4.24. The third kappa shape index (κ3) is 3.47. The van der Waals surface area contributed by atoms with E-state index in [2.05, 4.69) is 20.3 Å². The first-order chi connectivity index (χ1) is 13.1. The first kappa shape index (κ1) is 17.0. The van der Waals surface area contributed by atoms with E-state index in [0.29, 0.717) is 5.69 Å². The summed E-state index contributed by atoms with van der Waals surface area (Å²) in [6.07, 6.45) is 0. The molecule has 0 saturated heterocycles. The number of fused-ring (bicyclic) bond motifs is 1. The number of benzene rings is 2. The van der Waals surface area contributed by atoms with Gasteiger partial charge in [0, 0.05) is 29.9 Å². The van der Waals surface area contributed by atoms with E-state index in [0.717, 1.165) is 34.0 Å². The van der Waals surface area contributed by atoms with Crippen molar-refractivity contribution in [3.63, 3.8) is 0 Å². The second-order valence-electron chi connectivity index (χ2n) is 5.95. The molecule has 0 aliphatic heterocycles. The number of hydrogen-bond acceptors (Lipinski definition) is 4. The SMILES string of the molecule is COc1ccc(N(C)C(=O)Nc2ccc3[nH+]c(-c4cscn4)[nH]c3c2)cc1. The van der Waals surface area contributed by atoms with Crippen molar-refractivity contribution in [1.82, 2.24) is 9.97 Å². The van der Waals surface area contributed by atoms with Gasteiger partial charge in [0.15, 0.2) is 16.7 Å². The maximum atomic E-state index is 12.6. The minimum absolute atomic E-state index is 0.227. The molecule has 0 spiro atoms. The zero-order chi connectivity index (χ0) is 18.8. The Hall–Kier alpha value is -3.39. The summed E-state index contributed by atoms with van der Waals surface area (Å²) in [6, 6.07) is 12.8. The number of imidazole rings is 1. The Balaban J connectivity index is 1.52. The van der Waals surface area contributed by atoms with Gasteiger partial charge in [0.05, 0.1) is 12.6 Å². The van der Waals surface area contributed by atoms with Crippen LogP contribution in [0, 0.1) is 0 Å². The number of carbonyl (C=O) groups is 1. The molecule has 27 heavy (non-hydrogen) atoms. The molecule has 0 radical (unpaired) electrons. The normalized spacial score (nSPS) is 10.7. The molecule has 2 amide bonds. The van der Waals surface area contributed by atoms with Crippen LogP contribution in [-0.2, 0) is 0 Å². The summed E-state index contributed by atoms with van der Waals surface area (Å²) in [6.45, 7) is 0. The number of aromatic nitrogens is 3. The van der Waals surface area contributed by atoms with Gasteiger partial charge in [-0.15, -0.1) is 11.3 Å². The minimum Gasteiger partial charge on any atom is -0.497 e. The zero-order valence-corrected chi connectivity index (χ0v) is 15.6. The molecule has 2 aromatic heterocycles. The van der Waals surface area contributed by atoms with E-state index in [1.54, 1.807) is 24.6 Å². The van der Waals surface area contributed by atoms with Crippen LogP contribution in [0.1, 0.15) is 0 Å².